The normalized spacial score (nSPS) is 23.2. The molecule has 3 heterocycles. The molecule has 1 aliphatic carbocycles. The number of piperidine rings is 1. The summed E-state index contributed by atoms with van der Waals surface area (Å²) in [7, 11) is 0. The molecular weight excluding hydrogens is 508 g/mol. The summed E-state index contributed by atoms with van der Waals surface area (Å²) in [5.41, 5.74) is 1.72. The second-order valence-corrected chi connectivity index (χ2v) is 9.86. The van der Waals surface area contributed by atoms with Crippen LogP contribution < -0.4 is 15.0 Å². The predicted octanol–water partition coefficient (Wildman–Crippen LogP) is 4.21. The summed E-state index contributed by atoms with van der Waals surface area (Å²) < 4.78 is 66.1. The number of morpholine rings is 1. The molecule has 2 aromatic rings. The summed E-state index contributed by atoms with van der Waals surface area (Å²) in [6, 6.07) is 4.61. The Balaban J connectivity index is 1.43. The molecule has 1 aromatic carbocycles. The van der Waals surface area contributed by atoms with Gasteiger partial charge in [-0.05, 0) is 60.6 Å². The van der Waals surface area contributed by atoms with E-state index in [9.17, 15) is 27.5 Å². The van der Waals surface area contributed by atoms with E-state index in [0.717, 1.165) is 0 Å². The zero-order chi connectivity index (χ0) is 27.0. The van der Waals surface area contributed by atoms with Crippen molar-refractivity contribution in [2.24, 2.45) is 11.8 Å². The van der Waals surface area contributed by atoms with Crippen LogP contribution in [-0.4, -0.2) is 79.3 Å². The van der Waals surface area contributed by atoms with Gasteiger partial charge in [-0.3, -0.25) is 0 Å². The molecule has 2 amide bonds. The topological polar surface area (TPSA) is 87.2 Å². The lowest BCUT2D eigenvalue weighted by molar-refractivity contribution is -0.153. The van der Waals surface area contributed by atoms with Crippen molar-refractivity contribution in [2.45, 2.75) is 32.0 Å². The monoisotopic (exact) mass is 538 g/mol. The number of carbonyl (C=O) groups excluding carboxylic acids is 1. The highest BCUT2D eigenvalue weighted by Crippen LogP contribution is 2.57. The van der Waals surface area contributed by atoms with Crippen LogP contribution in [0.1, 0.15) is 18.4 Å². The molecule has 2 N–H and O–H groups in total. The highest BCUT2D eigenvalue weighted by Gasteiger charge is 2.67. The standard InChI is InChI=1S/C26H30F4N4O4/c1-15-11-19(27)20(31-25(36)34-4-2-3-17-23(24(17)34)26(28,29)30)14-18(15)16-12-21(33-5-8-37-9-6-33)32-22(13-16)38-10-7-35/h11-14,17,23-24,35H,2-10H2,1H3,(H,31,36). The fourth-order valence-corrected chi connectivity index (χ4v) is 5.54. The Kier molecular flexibility index (Phi) is 7.36. The van der Waals surface area contributed by atoms with Crippen LogP contribution in [0.15, 0.2) is 24.3 Å². The van der Waals surface area contributed by atoms with Crippen molar-refractivity contribution >= 4 is 17.5 Å². The number of aryl methyl sites for hydroxylation is 1. The molecule has 12 heteroatoms. The first-order valence-corrected chi connectivity index (χ1v) is 12.7. The van der Waals surface area contributed by atoms with Crippen LogP contribution in [0.25, 0.3) is 11.1 Å². The van der Waals surface area contributed by atoms with E-state index >= 15 is 0 Å². The number of alkyl halides is 3. The Bertz CT molecular complexity index is 1190. The minimum absolute atomic E-state index is 0.0413. The number of likely N-dealkylation sites (tertiary alicyclic amines) is 1. The fraction of sp³-hybridized carbons (Fsp3) is 0.538. The van der Waals surface area contributed by atoms with Crippen LogP contribution in [0.5, 0.6) is 5.88 Å². The number of halogens is 4. The number of aliphatic hydroxyl groups excluding tert-OH is 1. The first kappa shape index (κ1) is 26.5. The van der Waals surface area contributed by atoms with Crippen molar-refractivity contribution in [3.63, 3.8) is 0 Å². The number of ether oxygens (including phenoxy) is 2. The molecule has 3 fully saturated rings. The Morgan fingerprint density at radius 3 is 2.68 bits per heavy atom. The molecule has 3 aliphatic rings. The maximum atomic E-state index is 15.0. The SMILES string of the molecule is Cc1cc(F)c(NC(=O)N2CCCC3C2C3C(F)(F)F)cc1-c1cc(OCCO)nc(N2CCOCC2)c1. The van der Waals surface area contributed by atoms with Gasteiger partial charge in [0.1, 0.15) is 18.2 Å². The molecule has 2 aliphatic heterocycles. The van der Waals surface area contributed by atoms with Gasteiger partial charge in [0.05, 0.1) is 31.4 Å². The third kappa shape index (κ3) is 5.37. The Labute approximate surface area is 217 Å². The summed E-state index contributed by atoms with van der Waals surface area (Å²) in [4.78, 5) is 20.8. The lowest BCUT2D eigenvalue weighted by Crippen LogP contribution is -2.41. The number of benzene rings is 1. The summed E-state index contributed by atoms with van der Waals surface area (Å²) >= 11 is 0. The lowest BCUT2D eigenvalue weighted by atomic mass is 10.00. The maximum absolute atomic E-state index is 15.0. The minimum atomic E-state index is -4.37. The molecule has 0 spiro atoms. The third-order valence-corrected chi connectivity index (χ3v) is 7.39. The van der Waals surface area contributed by atoms with Gasteiger partial charge in [-0.1, -0.05) is 0 Å². The predicted molar refractivity (Wildman–Crippen MR) is 132 cm³/mol. The Morgan fingerprint density at radius 1 is 1.21 bits per heavy atom. The second kappa shape index (κ2) is 10.6. The molecule has 38 heavy (non-hydrogen) atoms. The molecule has 0 radical (unpaired) electrons. The number of hydrogen-bond donors (Lipinski definition) is 2. The Hall–Kier alpha value is -3.12. The number of urea groups is 1. The average molecular weight is 539 g/mol. The van der Waals surface area contributed by atoms with Crippen LogP contribution in [0, 0.1) is 24.6 Å². The number of pyridine rings is 1. The molecule has 0 bridgehead atoms. The van der Waals surface area contributed by atoms with E-state index in [2.05, 4.69) is 10.3 Å². The number of anilines is 2. The van der Waals surface area contributed by atoms with Crippen LogP contribution in [-0.2, 0) is 4.74 Å². The van der Waals surface area contributed by atoms with Crippen molar-refractivity contribution < 1.29 is 36.9 Å². The summed E-state index contributed by atoms with van der Waals surface area (Å²) in [6.45, 7) is 4.08. The zero-order valence-corrected chi connectivity index (χ0v) is 20.9. The van der Waals surface area contributed by atoms with Crippen molar-refractivity contribution in [1.82, 2.24) is 9.88 Å². The zero-order valence-electron chi connectivity index (χ0n) is 20.9. The average Bonchev–Trinajstić information content (AvgIpc) is 3.65. The molecule has 1 aromatic heterocycles. The fourth-order valence-electron chi connectivity index (χ4n) is 5.54. The number of carbonyl (C=O) groups is 1. The summed E-state index contributed by atoms with van der Waals surface area (Å²) in [5, 5.41) is 11.7. The van der Waals surface area contributed by atoms with Gasteiger partial charge in [-0.15, -0.1) is 0 Å². The van der Waals surface area contributed by atoms with E-state index < -0.39 is 35.9 Å². The van der Waals surface area contributed by atoms with Gasteiger partial charge in [0, 0.05) is 31.7 Å². The van der Waals surface area contributed by atoms with Crippen LogP contribution >= 0.6 is 0 Å². The van der Waals surface area contributed by atoms with Crippen LogP contribution in [0.2, 0.25) is 0 Å². The number of nitrogens with one attached hydrogen (secondary N) is 1. The van der Waals surface area contributed by atoms with E-state index in [1.807, 2.05) is 11.0 Å². The Morgan fingerprint density at radius 2 is 1.97 bits per heavy atom. The lowest BCUT2D eigenvalue weighted by Gasteiger charge is -2.28. The van der Waals surface area contributed by atoms with Gasteiger partial charge < -0.3 is 29.7 Å². The molecular formula is C26H30F4N4O4. The van der Waals surface area contributed by atoms with E-state index in [0.29, 0.717) is 61.7 Å². The van der Waals surface area contributed by atoms with Gasteiger partial charge >= 0.3 is 12.2 Å². The quantitative estimate of drug-likeness (QED) is 0.536. The van der Waals surface area contributed by atoms with E-state index in [1.54, 1.807) is 13.0 Å². The summed E-state index contributed by atoms with van der Waals surface area (Å²) in [5.74, 6) is -1.91. The highest BCUT2D eigenvalue weighted by molar-refractivity contribution is 5.91. The van der Waals surface area contributed by atoms with E-state index in [4.69, 9.17) is 9.47 Å². The molecule has 1 saturated carbocycles. The molecule has 2 saturated heterocycles. The van der Waals surface area contributed by atoms with Gasteiger partial charge in [0.2, 0.25) is 5.88 Å². The highest BCUT2D eigenvalue weighted by atomic mass is 19.4. The molecule has 206 valence electrons. The van der Waals surface area contributed by atoms with Crippen molar-refractivity contribution in [2.75, 3.05) is 56.3 Å². The van der Waals surface area contributed by atoms with Gasteiger partial charge in [-0.25, -0.2) is 9.18 Å². The van der Waals surface area contributed by atoms with E-state index in [-0.39, 0.29) is 31.3 Å². The van der Waals surface area contributed by atoms with E-state index in [1.165, 1.54) is 17.0 Å². The third-order valence-electron chi connectivity index (χ3n) is 7.39. The molecule has 5 rings (SSSR count). The van der Waals surface area contributed by atoms with Gasteiger partial charge in [0.15, 0.2) is 0 Å². The number of amides is 2. The number of aliphatic hydroxyl groups is 1. The first-order valence-electron chi connectivity index (χ1n) is 12.7. The van der Waals surface area contributed by atoms with Crippen LogP contribution in [0.4, 0.5) is 33.9 Å². The number of fused-ring (bicyclic) bond motifs is 1. The van der Waals surface area contributed by atoms with Crippen LogP contribution in [0.3, 0.4) is 0 Å². The summed E-state index contributed by atoms with van der Waals surface area (Å²) in [6.07, 6.45) is -3.47. The first-order chi connectivity index (χ1) is 18.2. The van der Waals surface area contributed by atoms with Gasteiger partial charge in [-0.2, -0.15) is 18.2 Å². The van der Waals surface area contributed by atoms with Crippen molar-refractivity contribution in [3.05, 3.63) is 35.6 Å². The van der Waals surface area contributed by atoms with Crippen molar-refractivity contribution in [1.29, 1.82) is 0 Å². The molecule has 8 nitrogen and oxygen atoms in total. The van der Waals surface area contributed by atoms with Gasteiger partial charge in [0.25, 0.3) is 0 Å². The maximum Gasteiger partial charge on any atom is 0.394 e. The number of aromatic nitrogens is 1. The molecule has 3 unspecified atom stereocenters. The number of hydrogen-bond acceptors (Lipinski definition) is 6. The minimum Gasteiger partial charge on any atom is -0.475 e. The van der Waals surface area contributed by atoms with Crippen molar-refractivity contribution in [3.8, 4) is 17.0 Å². The number of rotatable bonds is 6. The second-order valence-electron chi connectivity index (χ2n) is 9.86. The molecule has 3 atom stereocenters. The smallest absolute Gasteiger partial charge is 0.394 e. The largest absolute Gasteiger partial charge is 0.475 e. The number of nitrogens with zero attached hydrogens (tertiary/aromatic N) is 3.